The van der Waals surface area contributed by atoms with Gasteiger partial charge in [0.05, 0.1) is 5.56 Å². The molecule has 0 fully saturated rings. The fourth-order valence-corrected chi connectivity index (χ4v) is 2.10. The molecule has 0 radical (unpaired) electrons. The number of ketones is 1. The summed E-state index contributed by atoms with van der Waals surface area (Å²) in [6.45, 7) is 5.82. The molecule has 0 unspecified atom stereocenters. The van der Waals surface area contributed by atoms with Crippen molar-refractivity contribution in [3.8, 4) is 0 Å². The number of carboxylic acid groups (broad SMARTS) is 1. The Balaban J connectivity index is 2.71. The number of carbonyl (C=O) groups excluding carboxylic acids is 1. The van der Waals surface area contributed by atoms with Gasteiger partial charge in [0.15, 0.2) is 0 Å². The third kappa shape index (κ3) is 1.90. The first kappa shape index (κ1) is 12.4. The third-order valence-electron chi connectivity index (χ3n) is 3.10. The highest BCUT2D eigenvalue weighted by Crippen LogP contribution is 2.26. The van der Waals surface area contributed by atoms with E-state index in [9.17, 15) is 9.59 Å². The summed E-state index contributed by atoms with van der Waals surface area (Å²) in [6, 6.07) is 5.76. The number of carbonyl (C=O) groups is 2. The molecule has 0 saturated heterocycles. The van der Waals surface area contributed by atoms with Crippen molar-refractivity contribution in [1.82, 2.24) is 4.98 Å². The van der Waals surface area contributed by atoms with Gasteiger partial charge in [0, 0.05) is 16.6 Å². The van der Waals surface area contributed by atoms with Gasteiger partial charge in [-0.25, -0.2) is 4.79 Å². The molecule has 0 saturated carbocycles. The van der Waals surface area contributed by atoms with Crippen molar-refractivity contribution in [2.24, 2.45) is 0 Å². The first-order chi connectivity index (χ1) is 8.41. The van der Waals surface area contributed by atoms with Gasteiger partial charge < -0.3 is 10.1 Å². The van der Waals surface area contributed by atoms with Crippen LogP contribution < -0.4 is 0 Å². The Kier molecular flexibility index (Phi) is 2.95. The van der Waals surface area contributed by atoms with E-state index in [1.807, 2.05) is 18.2 Å². The molecule has 0 spiro atoms. The van der Waals surface area contributed by atoms with E-state index in [1.165, 1.54) is 0 Å². The van der Waals surface area contributed by atoms with Crippen LogP contribution in [0.25, 0.3) is 10.9 Å². The average molecular weight is 245 g/mol. The van der Waals surface area contributed by atoms with Crippen LogP contribution in [-0.2, 0) is 4.79 Å². The smallest absolute Gasteiger partial charge is 0.377 e. The van der Waals surface area contributed by atoms with E-state index in [-0.39, 0.29) is 5.56 Å². The molecule has 2 N–H and O–H groups in total. The standard InChI is InChI=1S/C14H15NO3/c1-7(2)9-4-5-11-10(6-9)12(8(3)15-11)13(16)14(17)18/h4-7,15H,1-3H3,(H,17,18). The number of aromatic nitrogens is 1. The molecule has 4 nitrogen and oxygen atoms in total. The minimum atomic E-state index is -1.42. The summed E-state index contributed by atoms with van der Waals surface area (Å²) in [7, 11) is 0. The molecule has 4 heteroatoms. The fourth-order valence-electron chi connectivity index (χ4n) is 2.10. The number of H-pyrrole nitrogens is 1. The summed E-state index contributed by atoms with van der Waals surface area (Å²) in [5, 5.41) is 9.54. The number of nitrogens with one attached hydrogen (secondary N) is 1. The highest BCUT2D eigenvalue weighted by molar-refractivity contribution is 6.42. The van der Waals surface area contributed by atoms with E-state index >= 15 is 0 Å². The molecule has 0 bridgehead atoms. The molecule has 18 heavy (non-hydrogen) atoms. The van der Waals surface area contributed by atoms with Crippen LogP contribution in [0.3, 0.4) is 0 Å². The maximum atomic E-state index is 11.7. The van der Waals surface area contributed by atoms with Crippen LogP contribution in [0.5, 0.6) is 0 Å². The van der Waals surface area contributed by atoms with Crippen molar-refractivity contribution in [2.45, 2.75) is 26.7 Å². The van der Waals surface area contributed by atoms with E-state index < -0.39 is 11.8 Å². The number of Topliss-reactive ketones (excluding diaryl/α,β-unsaturated/α-hetero) is 1. The van der Waals surface area contributed by atoms with Crippen LogP contribution in [-0.4, -0.2) is 21.8 Å². The Bertz CT molecular complexity index is 638. The second kappa shape index (κ2) is 4.29. The number of rotatable bonds is 3. The van der Waals surface area contributed by atoms with Crippen molar-refractivity contribution >= 4 is 22.7 Å². The van der Waals surface area contributed by atoms with Crippen LogP contribution in [0.2, 0.25) is 0 Å². The summed E-state index contributed by atoms with van der Waals surface area (Å²) in [6.07, 6.45) is 0. The number of fused-ring (bicyclic) bond motifs is 1. The Hall–Kier alpha value is -2.10. The lowest BCUT2D eigenvalue weighted by Gasteiger charge is -2.05. The zero-order valence-corrected chi connectivity index (χ0v) is 10.6. The predicted molar refractivity (Wildman–Crippen MR) is 69.1 cm³/mol. The number of hydrogen-bond donors (Lipinski definition) is 2. The lowest BCUT2D eigenvalue weighted by atomic mass is 9.99. The molecular formula is C14H15NO3. The topological polar surface area (TPSA) is 70.2 Å². The number of carboxylic acids is 1. The van der Waals surface area contributed by atoms with Crippen molar-refractivity contribution in [2.75, 3.05) is 0 Å². The summed E-state index contributed by atoms with van der Waals surface area (Å²) < 4.78 is 0. The Labute approximate surface area is 105 Å². The lowest BCUT2D eigenvalue weighted by molar-refractivity contribution is -0.131. The second-order valence-electron chi connectivity index (χ2n) is 4.72. The van der Waals surface area contributed by atoms with Gasteiger partial charge in [-0.15, -0.1) is 0 Å². The van der Waals surface area contributed by atoms with Crippen LogP contribution in [0.4, 0.5) is 0 Å². The molecule has 0 aliphatic rings. The minimum Gasteiger partial charge on any atom is -0.475 e. The average Bonchev–Trinajstić information content (AvgIpc) is 2.62. The molecule has 0 atom stereocenters. The van der Waals surface area contributed by atoms with Crippen molar-refractivity contribution in [3.63, 3.8) is 0 Å². The quantitative estimate of drug-likeness (QED) is 0.645. The van der Waals surface area contributed by atoms with Gasteiger partial charge in [0.2, 0.25) is 0 Å². The van der Waals surface area contributed by atoms with E-state index in [0.29, 0.717) is 17.0 Å². The van der Waals surface area contributed by atoms with Crippen LogP contribution in [0, 0.1) is 6.92 Å². The van der Waals surface area contributed by atoms with Crippen LogP contribution >= 0.6 is 0 Å². The Morgan fingerprint density at radius 3 is 2.50 bits per heavy atom. The minimum absolute atomic E-state index is 0.264. The van der Waals surface area contributed by atoms with Gasteiger partial charge in [0.1, 0.15) is 0 Å². The highest BCUT2D eigenvalue weighted by Gasteiger charge is 2.22. The molecule has 1 aromatic carbocycles. The normalized spacial score (nSPS) is 11.1. The summed E-state index contributed by atoms with van der Waals surface area (Å²) in [5.41, 5.74) is 2.74. The molecule has 2 aromatic rings. The van der Waals surface area contributed by atoms with E-state index in [4.69, 9.17) is 5.11 Å². The maximum Gasteiger partial charge on any atom is 0.377 e. The number of aromatic amines is 1. The third-order valence-corrected chi connectivity index (χ3v) is 3.10. The summed E-state index contributed by atoms with van der Waals surface area (Å²) >= 11 is 0. The monoisotopic (exact) mass is 245 g/mol. The Morgan fingerprint density at radius 1 is 1.28 bits per heavy atom. The van der Waals surface area contributed by atoms with Gasteiger partial charge in [-0.3, -0.25) is 4.79 Å². The molecular weight excluding hydrogens is 230 g/mol. The fraction of sp³-hybridized carbons (Fsp3) is 0.286. The zero-order chi connectivity index (χ0) is 13.4. The van der Waals surface area contributed by atoms with Gasteiger partial charge in [-0.2, -0.15) is 0 Å². The molecule has 1 aromatic heterocycles. The van der Waals surface area contributed by atoms with E-state index in [0.717, 1.165) is 11.1 Å². The predicted octanol–water partition coefficient (Wildman–Crippen LogP) is 2.87. The summed E-state index contributed by atoms with van der Waals surface area (Å²) in [4.78, 5) is 25.6. The van der Waals surface area contributed by atoms with E-state index in [2.05, 4.69) is 18.8 Å². The molecule has 2 rings (SSSR count). The van der Waals surface area contributed by atoms with Crippen LogP contribution in [0.1, 0.15) is 41.4 Å². The van der Waals surface area contributed by atoms with Crippen molar-refractivity contribution in [1.29, 1.82) is 0 Å². The zero-order valence-electron chi connectivity index (χ0n) is 10.6. The number of benzene rings is 1. The maximum absolute atomic E-state index is 11.7. The molecule has 1 heterocycles. The van der Waals surface area contributed by atoms with Gasteiger partial charge in [-0.1, -0.05) is 19.9 Å². The van der Waals surface area contributed by atoms with Gasteiger partial charge in [-0.05, 0) is 30.5 Å². The molecule has 0 aliphatic heterocycles. The number of hydrogen-bond acceptors (Lipinski definition) is 2. The Morgan fingerprint density at radius 2 is 1.94 bits per heavy atom. The number of aryl methyl sites for hydroxylation is 1. The van der Waals surface area contributed by atoms with Gasteiger partial charge >= 0.3 is 5.97 Å². The largest absolute Gasteiger partial charge is 0.475 e. The summed E-state index contributed by atoms with van der Waals surface area (Å²) in [5.74, 6) is -1.95. The lowest BCUT2D eigenvalue weighted by Crippen LogP contribution is -2.13. The van der Waals surface area contributed by atoms with E-state index in [1.54, 1.807) is 6.92 Å². The second-order valence-corrected chi connectivity index (χ2v) is 4.72. The molecule has 0 aliphatic carbocycles. The first-order valence-corrected chi connectivity index (χ1v) is 5.81. The van der Waals surface area contributed by atoms with Gasteiger partial charge in [0.25, 0.3) is 5.78 Å². The SMILES string of the molecule is Cc1[nH]c2ccc(C(C)C)cc2c1C(=O)C(=O)O. The molecule has 0 amide bonds. The molecule has 94 valence electrons. The van der Waals surface area contributed by atoms with Crippen molar-refractivity contribution in [3.05, 3.63) is 35.0 Å². The first-order valence-electron chi connectivity index (χ1n) is 5.81. The van der Waals surface area contributed by atoms with Crippen molar-refractivity contribution < 1.29 is 14.7 Å². The number of aliphatic carboxylic acids is 1. The highest BCUT2D eigenvalue weighted by atomic mass is 16.4. The van der Waals surface area contributed by atoms with Crippen LogP contribution in [0.15, 0.2) is 18.2 Å².